The SMILES string of the molecule is N#Cc1ccc(N)nc1.N#Cc1ccc(N)nc1. The average Bonchev–Trinajstić information content (AvgIpc) is 2.41. The molecule has 0 fully saturated rings. The zero-order chi connectivity index (χ0) is 13.4. The topological polar surface area (TPSA) is 125 Å². The number of hydrogen-bond acceptors (Lipinski definition) is 6. The van der Waals surface area contributed by atoms with Crippen LogP contribution in [0.3, 0.4) is 0 Å². The van der Waals surface area contributed by atoms with E-state index in [1.54, 1.807) is 24.3 Å². The lowest BCUT2D eigenvalue weighted by molar-refractivity contribution is 1.31. The van der Waals surface area contributed by atoms with Gasteiger partial charge in [-0.1, -0.05) is 0 Å². The largest absolute Gasteiger partial charge is 0.384 e. The number of rotatable bonds is 0. The van der Waals surface area contributed by atoms with E-state index in [0.717, 1.165) is 0 Å². The fourth-order valence-electron chi connectivity index (χ4n) is 0.943. The Hall–Kier alpha value is -3.12. The molecule has 0 aliphatic heterocycles. The summed E-state index contributed by atoms with van der Waals surface area (Å²) >= 11 is 0. The predicted molar refractivity (Wildman–Crippen MR) is 66.7 cm³/mol. The predicted octanol–water partition coefficient (Wildman–Crippen LogP) is 1.07. The van der Waals surface area contributed by atoms with Crippen molar-refractivity contribution in [1.82, 2.24) is 9.97 Å². The van der Waals surface area contributed by atoms with E-state index < -0.39 is 0 Å². The third kappa shape index (κ3) is 4.17. The molecule has 88 valence electrons. The van der Waals surface area contributed by atoms with E-state index >= 15 is 0 Å². The highest BCUT2D eigenvalue weighted by Gasteiger charge is 1.87. The molecule has 0 bridgehead atoms. The number of nitrogens with two attached hydrogens (primary N) is 2. The fraction of sp³-hybridized carbons (Fsp3) is 0. The highest BCUT2D eigenvalue weighted by Crippen LogP contribution is 1.98. The van der Waals surface area contributed by atoms with Gasteiger partial charge >= 0.3 is 0 Å². The molecule has 4 N–H and O–H groups in total. The van der Waals surface area contributed by atoms with Crippen molar-refractivity contribution < 1.29 is 0 Å². The Balaban J connectivity index is 0.000000180. The van der Waals surface area contributed by atoms with Crippen molar-refractivity contribution in [2.45, 2.75) is 0 Å². The smallest absolute Gasteiger partial charge is 0.123 e. The van der Waals surface area contributed by atoms with Crippen LogP contribution in [-0.2, 0) is 0 Å². The quantitative estimate of drug-likeness (QED) is 0.707. The Morgan fingerprint density at radius 2 is 1.17 bits per heavy atom. The maximum absolute atomic E-state index is 8.30. The van der Waals surface area contributed by atoms with E-state index in [-0.39, 0.29) is 0 Å². The second-order valence-electron chi connectivity index (χ2n) is 3.17. The molecule has 0 unspecified atom stereocenters. The van der Waals surface area contributed by atoms with Gasteiger partial charge in [0, 0.05) is 12.4 Å². The molecule has 2 heterocycles. The van der Waals surface area contributed by atoms with E-state index in [1.807, 2.05) is 12.1 Å². The number of pyridine rings is 2. The molecule has 0 saturated heterocycles. The van der Waals surface area contributed by atoms with Crippen LogP contribution in [-0.4, -0.2) is 9.97 Å². The molecule has 0 saturated carbocycles. The summed E-state index contributed by atoms with van der Waals surface area (Å²) in [5.74, 6) is 0.878. The summed E-state index contributed by atoms with van der Waals surface area (Å²) in [7, 11) is 0. The molecule has 0 aromatic carbocycles. The Labute approximate surface area is 104 Å². The molecule has 0 radical (unpaired) electrons. The maximum Gasteiger partial charge on any atom is 0.123 e. The lowest BCUT2D eigenvalue weighted by atomic mass is 10.3. The van der Waals surface area contributed by atoms with Gasteiger partial charge in [-0.2, -0.15) is 10.5 Å². The number of nitriles is 2. The molecule has 0 amide bonds. The van der Waals surface area contributed by atoms with Crippen LogP contribution >= 0.6 is 0 Å². The number of nitrogen functional groups attached to an aromatic ring is 2. The minimum atomic E-state index is 0.439. The van der Waals surface area contributed by atoms with Gasteiger partial charge in [-0.25, -0.2) is 9.97 Å². The molecule has 2 aromatic heterocycles. The van der Waals surface area contributed by atoms with Gasteiger partial charge in [0.25, 0.3) is 0 Å². The van der Waals surface area contributed by atoms with Gasteiger partial charge in [-0.15, -0.1) is 0 Å². The average molecular weight is 238 g/mol. The van der Waals surface area contributed by atoms with Crippen LogP contribution in [0.25, 0.3) is 0 Å². The number of aromatic nitrogens is 2. The molecule has 0 atom stereocenters. The van der Waals surface area contributed by atoms with Crippen molar-refractivity contribution in [1.29, 1.82) is 10.5 Å². The van der Waals surface area contributed by atoms with Crippen LogP contribution in [0.5, 0.6) is 0 Å². The van der Waals surface area contributed by atoms with Crippen LogP contribution in [0.15, 0.2) is 36.7 Å². The summed E-state index contributed by atoms with van der Waals surface area (Å²) in [5.41, 5.74) is 11.6. The summed E-state index contributed by atoms with van der Waals surface area (Å²) < 4.78 is 0. The van der Waals surface area contributed by atoms with Crippen LogP contribution in [0.1, 0.15) is 11.1 Å². The molecule has 2 rings (SSSR count). The molecule has 6 heteroatoms. The van der Waals surface area contributed by atoms with E-state index in [9.17, 15) is 0 Å². The highest BCUT2D eigenvalue weighted by atomic mass is 14.8. The van der Waals surface area contributed by atoms with Crippen molar-refractivity contribution in [3.8, 4) is 12.1 Å². The standard InChI is InChI=1S/2C6H5N3/c2*7-3-5-1-2-6(8)9-4-5/h2*1-2,4H,(H2,8,9). The first kappa shape index (κ1) is 12.9. The summed E-state index contributed by atoms with van der Waals surface area (Å²) in [6, 6.07) is 10.3. The van der Waals surface area contributed by atoms with Crippen LogP contribution in [0.4, 0.5) is 11.6 Å². The van der Waals surface area contributed by atoms with Crippen LogP contribution < -0.4 is 11.5 Å². The molecule has 0 aliphatic carbocycles. The van der Waals surface area contributed by atoms with Crippen molar-refractivity contribution in [2.24, 2.45) is 0 Å². The van der Waals surface area contributed by atoms with E-state index in [2.05, 4.69) is 9.97 Å². The van der Waals surface area contributed by atoms with Gasteiger partial charge in [0.1, 0.15) is 23.8 Å². The van der Waals surface area contributed by atoms with E-state index in [0.29, 0.717) is 22.8 Å². The van der Waals surface area contributed by atoms with Crippen LogP contribution in [0.2, 0.25) is 0 Å². The maximum atomic E-state index is 8.30. The zero-order valence-corrected chi connectivity index (χ0v) is 9.41. The number of anilines is 2. The molecular weight excluding hydrogens is 228 g/mol. The number of hydrogen-bond donors (Lipinski definition) is 2. The lowest BCUT2D eigenvalue weighted by Gasteiger charge is -1.87. The molecule has 0 spiro atoms. The molecular formula is C12H10N6. The van der Waals surface area contributed by atoms with E-state index in [4.69, 9.17) is 22.0 Å². The Morgan fingerprint density at radius 1 is 0.778 bits per heavy atom. The Bertz CT molecular complexity index is 518. The zero-order valence-electron chi connectivity index (χ0n) is 9.41. The third-order valence-electron chi connectivity index (χ3n) is 1.83. The van der Waals surface area contributed by atoms with Gasteiger partial charge in [0.2, 0.25) is 0 Å². The first-order valence-corrected chi connectivity index (χ1v) is 4.89. The van der Waals surface area contributed by atoms with Gasteiger partial charge in [-0.3, -0.25) is 0 Å². The van der Waals surface area contributed by atoms with Crippen molar-refractivity contribution in [3.63, 3.8) is 0 Å². The van der Waals surface area contributed by atoms with Crippen molar-refractivity contribution in [3.05, 3.63) is 47.8 Å². The van der Waals surface area contributed by atoms with Gasteiger partial charge in [-0.05, 0) is 24.3 Å². The lowest BCUT2D eigenvalue weighted by Crippen LogP contribution is -1.88. The minimum Gasteiger partial charge on any atom is -0.384 e. The molecule has 2 aromatic rings. The van der Waals surface area contributed by atoms with Gasteiger partial charge < -0.3 is 11.5 Å². The summed E-state index contributed by atoms with van der Waals surface area (Å²) in [5, 5.41) is 16.6. The molecule has 6 nitrogen and oxygen atoms in total. The van der Waals surface area contributed by atoms with Crippen LogP contribution in [0, 0.1) is 22.7 Å². The second kappa shape index (κ2) is 6.46. The fourth-order valence-corrected chi connectivity index (χ4v) is 0.943. The normalized spacial score (nSPS) is 8.33. The summed E-state index contributed by atoms with van der Waals surface area (Å²) in [6.07, 6.45) is 2.88. The first-order valence-electron chi connectivity index (χ1n) is 4.89. The summed E-state index contributed by atoms with van der Waals surface area (Å²) in [4.78, 5) is 7.41. The second-order valence-corrected chi connectivity index (χ2v) is 3.17. The highest BCUT2D eigenvalue weighted by molar-refractivity contribution is 5.35. The molecule has 0 aliphatic rings. The monoisotopic (exact) mass is 238 g/mol. The van der Waals surface area contributed by atoms with Crippen molar-refractivity contribution >= 4 is 11.6 Å². The Kier molecular flexibility index (Phi) is 4.65. The van der Waals surface area contributed by atoms with Gasteiger partial charge in [0.05, 0.1) is 11.1 Å². The molecule has 18 heavy (non-hydrogen) atoms. The summed E-state index contributed by atoms with van der Waals surface area (Å²) in [6.45, 7) is 0. The van der Waals surface area contributed by atoms with Crippen molar-refractivity contribution in [2.75, 3.05) is 11.5 Å². The third-order valence-corrected chi connectivity index (χ3v) is 1.83. The Morgan fingerprint density at radius 3 is 1.39 bits per heavy atom. The first-order chi connectivity index (χ1) is 8.65. The van der Waals surface area contributed by atoms with E-state index in [1.165, 1.54) is 12.4 Å². The van der Waals surface area contributed by atoms with Gasteiger partial charge in [0.15, 0.2) is 0 Å². The minimum absolute atomic E-state index is 0.439. The number of nitrogens with zero attached hydrogens (tertiary/aromatic N) is 4.